The Hall–Kier alpha value is -3.37. The number of primary amides is 1. The van der Waals surface area contributed by atoms with E-state index in [-0.39, 0.29) is 18.1 Å². The van der Waals surface area contributed by atoms with Crippen LogP contribution in [0.3, 0.4) is 0 Å². The van der Waals surface area contributed by atoms with E-state index in [0.29, 0.717) is 24.5 Å². The number of rotatable bonds is 6. The van der Waals surface area contributed by atoms with E-state index in [9.17, 15) is 27.2 Å². The molecule has 2 saturated heterocycles. The summed E-state index contributed by atoms with van der Waals surface area (Å²) >= 11 is 0. The number of carbonyl (C=O) groups excluding carboxylic acids is 2. The van der Waals surface area contributed by atoms with Crippen molar-refractivity contribution in [2.24, 2.45) is 5.73 Å². The first kappa shape index (κ1) is 24.7. The number of piperidine rings is 1. The van der Waals surface area contributed by atoms with Crippen molar-refractivity contribution in [1.82, 2.24) is 10.3 Å². The van der Waals surface area contributed by atoms with Gasteiger partial charge in [0.15, 0.2) is 5.60 Å². The van der Waals surface area contributed by atoms with E-state index in [1.165, 1.54) is 20.0 Å². The number of hydrogen-bond donors (Lipinski definition) is 2. The lowest BCUT2D eigenvalue weighted by atomic mass is 9.96. The molecule has 2 aliphatic heterocycles. The normalized spacial score (nSPS) is 22.1. The molecule has 3 N–H and O–H groups in total. The van der Waals surface area contributed by atoms with Crippen LogP contribution in [0.1, 0.15) is 55.5 Å². The van der Waals surface area contributed by atoms with E-state index in [4.69, 9.17) is 10.5 Å². The van der Waals surface area contributed by atoms with Gasteiger partial charge in [-0.25, -0.2) is 9.37 Å². The van der Waals surface area contributed by atoms with Gasteiger partial charge >= 0.3 is 6.18 Å². The number of nitrogens with one attached hydrogen (secondary N) is 1. The summed E-state index contributed by atoms with van der Waals surface area (Å²) in [5.41, 5.74) is 2.69. The van der Waals surface area contributed by atoms with Crippen LogP contribution >= 0.6 is 0 Å². The third-order valence-electron chi connectivity index (χ3n) is 6.52. The number of nitrogens with zero attached hydrogens (tertiary/aromatic N) is 2. The molecular formula is C24H26F4N4O3. The van der Waals surface area contributed by atoms with E-state index in [1.807, 2.05) is 0 Å². The third kappa shape index (κ3) is 5.18. The molecule has 4 rings (SSSR count). The molecule has 188 valence electrons. The van der Waals surface area contributed by atoms with Gasteiger partial charge in [-0.15, -0.1) is 0 Å². The Morgan fingerprint density at radius 3 is 2.31 bits per heavy atom. The Kier molecular flexibility index (Phi) is 6.37. The molecule has 0 aliphatic carbocycles. The van der Waals surface area contributed by atoms with Crippen LogP contribution in [0.5, 0.6) is 5.75 Å². The number of amides is 2. The summed E-state index contributed by atoms with van der Waals surface area (Å²) < 4.78 is 58.8. The topological polar surface area (TPSA) is 97.5 Å². The molecule has 3 heterocycles. The van der Waals surface area contributed by atoms with Gasteiger partial charge in [-0.05, 0) is 69.9 Å². The standard InChI is InChI=1S/C24H26F4N4O3/c1-23(2,35-19-7-4-14(25)9-18(19)24(26,27)28)22(34)31-15-10-16-5-6-17(11-15)32(16)20-8-3-13(12-30-20)21(29)33/h3-4,7-9,12,15-17H,5-6,10-11H2,1-2H3,(H2,29,33)(H,31,34). The molecule has 11 heteroatoms. The SMILES string of the molecule is CC(C)(Oc1ccc(F)cc1C(F)(F)F)C(=O)NC1CC2CCC(C1)N2c1ccc(C(N)=O)cn1. The second-order valence-corrected chi connectivity index (χ2v) is 9.45. The van der Waals surface area contributed by atoms with Crippen molar-refractivity contribution in [1.29, 1.82) is 0 Å². The van der Waals surface area contributed by atoms with Crippen LogP contribution in [0.15, 0.2) is 36.5 Å². The summed E-state index contributed by atoms with van der Waals surface area (Å²) in [5.74, 6) is -2.04. The predicted octanol–water partition coefficient (Wildman–Crippen LogP) is 3.81. The molecule has 2 bridgehead atoms. The Balaban J connectivity index is 1.43. The van der Waals surface area contributed by atoms with Crippen LogP contribution in [-0.4, -0.2) is 40.5 Å². The van der Waals surface area contributed by atoms with Crippen LogP contribution in [0.2, 0.25) is 0 Å². The van der Waals surface area contributed by atoms with Gasteiger partial charge in [0.2, 0.25) is 5.91 Å². The number of carbonyl (C=O) groups is 2. The van der Waals surface area contributed by atoms with Gasteiger partial charge in [-0.1, -0.05) is 0 Å². The average Bonchev–Trinajstić information content (AvgIpc) is 3.04. The summed E-state index contributed by atoms with van der Waals surface area (Å²) in [7, 11) is 0. The Labute approximate surface area is 199 Å². The van der Waals surface area contributed by atoms with Gasteiger partial charge in [-0.2, -0.15) is 13.2 Å². The monoisotopic (exact) mass is 494 g/mol. The highest BCUT2D eigenvalue weighted by Gasteiger charge is 2.44. The number of nitrogens with two attached hydrogens (primary N) is 1. The number of fused-ring (bicyclic) bond motifs is 2. The Morgan fingerprint density at radius 1 is 1.11 bits per heavy atom. The maximum atomic E-state index is 13.4. The first-order valence-electron chi connectivity index (χ1n) is 11.3. The molecule has 7 nitrogen and oxygen atoms in total. The van der Waals surface area contributed by atoms with E-state index < -0.39 is 40.7 Å². The molecule has 0 radical (unpaired) electrons. The molecule has 2 atom stereocenters. The van der Waals surface area contributed by atoms with Crippen LogP contribution < -0.4 is 20.7 Å². The molecule has 2 amide bonds. The molecule has 2 fully saturated rings. The Morgan fingerprint density at radius 2 is 1.77 bits per heavy atom. The van der Waals surface area contributed by atoms with Gasteiger partial charge in [0.25, 0.3) is 5.91 Å². The van der Waals surface area contributed by atoms with Crippen molar-refractivity contribution in [2.45, 2.75) is 69.4 Å². The quantitative estimate of drug-likeness (QED) is 0.596. The van der Waals surface area contributed by atoms with Crippen molar-refractivity contribution >= 4 is 17.6 Å². The zero-order valence-corrected chi connectivity index (χ0v) is 19.2. The summed E-state index contributed by atoms with van der Waals surface area (Å²) in [6.07, 6.45) is -0.333. The fraction of sp³-hybridized carbons (Fsp3) is 0.458. The minimum absolute atomic E-state index is 0.115. The lowest BCUT2D eigenvalue weighted by Crippen LogP contribution is -2.55. The highest BCUT2D eigenvalue weighted by molar-refractivity contribution is 5.92. The van der Waals surface area contributed by atoms with Gasteiger partial charge < -0.3 is 20.7 Å². The fourth-order valence-corrected chi connectivity index (χ4v) is 4.85. The zero-order valence-electron chi connectivity index (χ0n) is 19.2. The lowest BCUT2D eigenvalue weighted by molar-refractivity contribution is -0.144. The number of hydrogen-bond acceptors (Lipinski definition) is 5. The summed E-state index contributed by atoms with van der Waals surface area (Å²) in [6, 6.07) is 5.50. The molecule has 1 aromatic carbocycles. The second kappa shape index (κ2) is 9.01. The number of ether oxygens (including phenoxy) is 1. The fourth-order valence-electron chi connectivity index (χ4n) is 4.85. The predicted molar refractivity (Wildman–Crippen MR) is 119 cm³/mol. The van der Waals surface area contributed by atoms with Gasteiger partial charge in [0, 0.05) is 24.3 Å². The van der Waals surface area contributed by atoms with Gasteiger partial charge in [-0.3, -0.25) is 9.59 Å². The lowest BCUT2D eigenvalue weighted by Gasteiger charge is -2.41. The van der Waals surface area contributed by atoms with Crippen molar-refractivity contribution in [2.75, 3.05) is 4.90 Å². The van der Waals surface area contributed by atoms with E-state index in [1.54, 1.807) is 12.1 Å². The first-order valence-corrected chi connectivity index (χ1v) is 11.3. The maximum Gasteiger partial charge on any atom is 0.420 e. The smallest absolute Gasteiger partial charge is 0.420 e. The highest BCUT2D eigenvalue weighted by Crippen LogP contribution is 2.40. The van der Waals surface area contributed by atoms with E-state index in [0.717, 1.165) is 30.8 Å². The second-order valence-electron chi connectivity index (χ2n) is 9.45. The van der Waals surface area contributed by atoms with Crippen LogP contribution in [-0.2, 0) is 11.0 Å². The molecule has 1 aromatic heterocycles. The maximum absolute atomic E-state index is 13.4. The van der Waals surface area contributed by atoms with Crippen molar-refractivity contribution in [3.05, 3.63) is 53.5 Å². The molecule has 0 saturated carbocycles. The van der Waals surface area contributed by atoms with Gasteiger partial charge in [0.1, 0.15) is 22.9 Å². The minimum Gasteiger partial charge on any atom is -0.477 e. The summed E-state index contributed by atoms with van der Waals surface area (Å²) in [4.78, 5) is 30.8. The zero-order chi connectivity index (χ0) is 25.5. The molecule has 2 unspecified atom stereocenters. The van der Waals surface area contributed by atoms with Crippen LogP contribution in [0.25, 0.3) is 0 Å². The van der Waals surface area contributed by atoms with Gasteiger partial charge in [0.05, 0.1) is 5.56 Å². The number of halogens is 4. The average molecular weight is 494 g/mol. The van der Waals surface area contributed by atoms with E-state index in [2.05, 4.69) is 15.2 Å². The minimum atomic E-state index is -4.83. The molecule has 2 aliphatic rings. The summed E-state index contributed by atoms with van der Waals surface area (Å²) in [6.45, 7) is 2.75. The number of pyridine rings is 1. The van der Waals surface area contributed by atoms with Crippen molar-refractivity contribution < 1.29 is 31.9 Å². The van der Waals surface area contributed by atoms with E-state index >= 15 is 0 Å². The number of benzene rings is 1. The van der Waals surface area contributed by atoms with Crippen molar-refractivity contribution in [3.63, 3.8) is 0 Å². The molecular weight excluding hydrogens is 468 g/mol. The highest BCUT2D eigenvalue weighted by atomic mass is 19.4. The molecule has 35 heavy (non-hydrogen) atoms. The molecule has 2 aromatic rings. The third-order valence-corrected chi connectivity index (χ3v) is 6.52. The Bertz CT molecular complexity index is 1110. The first-order chi connectivity index (χ1) is 16.3. The van der Waals surface area contributed by atoms with Crippen molar-refractivity contribution in [3.8, 4) is 5.75 Å². The number of anilines is 1. The molecule has 0 spiro atoms. The van der Waals surface area contributed by atoms with Crippen LogP contribution in [0, 0.1) is 5.82 Å². The summed E-state index contributed by atoms with van der Waals surface area (Å²) in [5, 5.41) is 2.92. The largest absolute Gasteiger partial charge is 0.477 e. The number of aromatic nitrogens is 1. The van der Waals surface area contributed by atoms with Crippen LogP contribution in [0.4, 0.5) is 23.4 Å². The number of alkyl halides is 3.